The molecule has 0 spiro atoms. The zero-order valence-corrected chi connectivity index (χ0v) is 11.6. The lowest BCUT2D eigenvalue weighted by atomic mass is 9.89. The minimum Gasteiger partial charge on any atom is -0.330 e. The monoisotopic (exact) mass is 317 g/mol. The Morgan fingerprint density at radius 1 is 1.14 bits per heavy atom. The SMILES string of the molecule is CCC(CCCN)c1c(C(F)(F)F)nn(C)c1C(F)(F)F. The molecule has 0 aliphatic carbocycles. The van der Waals surface area contributed by atoms with E-state index in [1.54, 1.807) is 6.92 Å². The van der Waals surface area contributed by atoms with Crippen molar-refractivity contribution >= 4 is 0 Å². The van der Waals surface area contributed by atoms with Crippen LogP contribution in [0.5, 0.6) is 0 Å². The molecule has 1 atom stereocenters. The van der Waals surface area contributed by atoms with E-state index in [1.165, 1.54) is 0 Å². The molecule has 0 aliphatic heterocycles. The molecule has 1 aromatic rings. The van der Waals surface area contributed by atoms with E-state index in [0.29, 0.717) is 6.42 Å². The minimum atomic E-state index is -4.92. The summed E-state index contributed by atoms with van der Waals surface area (Å²) in [5.41, 5.74) is 1.74. The fraction of sp³-hybridized carbons (Fsp3) is 0.750. The average molecular weight is 317 g/mol. The molecule has 0 saturated heterocycles. The quantitative estimate of drug-likeness (QED) is 0.842. The van der Waals surface area contributed by atoms with Crippen LogP contribution in [0.4, 0.5) is 26.3 Å². The number of nitrogens with zero attached hydrogens (tertiary/aromatic N) is 2. The van der Waals surface area contributed by atoms with E-state index in [1.807, 2.05) is 0 Å². The molecule has 3 nitrogen and oxygen atoms in total. The Hall–Kier alpha value is -1.25. The first-order chi connectivity index (χ1) is 9.54. The van der Waals surface area contributed by atoms with Gasteiger partial charge in [0.25, 0.3) is 0 Å². The van der Waals surface area contributed by atoms with Gasteiger partial charge in [-0.2, -0.15) is 31.4 Å². The number of aryl methyl sites for hydroxylation is 1. The Labute approximate surface area is 118 Å². The molecule has 1 aromatic heterocycles. The lowest BCUT2D eigenvalue weighted by Crippen LogP contribution is -2.18. The van der Waals surface area contributed by atoms with E-state index in [0.717, 1.165) is 7.05 Å². The van der Waals surface area contributed by atoms with Crippen LogP contribution >= 0.6 is 0 Å². The van der Waals surface area contributed by atoms with Gasteiger partial charge in [0.1, 0.15) is 5.69 Å². The highest BCUT2D eigenvalue weighted by Gasteiger charge is 2.47. The predicted octanol–water partition coefficient (Wildman–Crippen LogP) is 3.69. The van der Waals surface area contributed by atoms with E-state index in [2.05, 4.69) is 5.10 Å². The second-order valence-electron chi connectivity index (χ2n) is 4.77. The van der Waals surface area contributed by atoms with Crippen LogP contribution in [0.25, 0.3) is 0 Å². The molecule has 0 bridgehead atoms. The highest BCUT2D eigenvalue weighted by molar-refractivity contribution is 5.34. The normalized spacial score (nSPS) is 14.5. The van der Waals surface area contributed by atoms with Crippen molar-refractivity contribution in [3.63, 3.8) is 0 Å². The van der Waals surface area contributed by atoms with Crippen molar-refractivity contribution in [1.29, 1.82) is 0 Å². The summed E-state index contributed by atoms with van der Waals surface area (Å²) in [6, 6.07) is 0. The van der Waals surface area contributed by atoms with Crippen LogP contribution in [-0.4, -0.2) is 16.3 Å². The lowest BCUT2D eigenvalue weighted by molar-refractivity contribution is -0.145. The second-order valence-corrected chi connectivity index (χ2v) is 4.77. The molecular weight excluding hydrogens is 300 g/mol. The maximum atomic E-state index is 13.1. The maximum Gasteiger partial charge on any atom is 0.435 e. The van der Waals surface area contributed by atoms with Crippen LogP contribution in [0.15, 0.2) is 0 Å². The number of hydrogen-bond donors (Lipinski definition) is 1. The molecular formula is C12H17F6N3. The Bertz CT molecular complexity index is 475. The van der Waals surface area contributed by atoms with Crippen LogP contribution in [-0.2, 0) is 19.4 Å². The predicted molar refractivity (Wildman–Crippen MR) is 64.5 cm³/mol. The molecule has 1 rings (SSSR count). The number of halogens is 6. The van der Waals surface area contributed by atoms with Crippen LogP contribution < -0.4 is 5.73 Å². The lowest BCUT2D eigenvalue weighted by Gasteiger charge is -2.19. The minimum absolute atomic E-state index is 0.151. The molecule has 0 fully saturated rings. The fourth-order valence-corrected chi connectivity index (χ4v) is 2.39. The topological polar surface area (TPSA) is 43.8 Å². The van der Waals surface area contributed by atoms with Gasteiger partial charge in [-0.1, -0.05) is 6.92 Å². The first kappa shape index (κ1) is 17.8. The van der Waals surface area contributed by atoms with Gasteiger partial charge in [-0.3, -0.25) is 4.68 Å². The zero-order valence-electron chi connectivity index (χ0n) is 11.6. The van der Waals surface area contributed by atoms with Gasteiger partial charge >= 0.3 is 12.4 Å². The number of nitrogens with two attached hydrogens (primary N) is 1. The molecule has 2 N–H and O–H groups in total. The summed E-state index contributed by atoms with van der Waals surface area (Å²) in [6.45, 7) is 1.76. The van der Waals surface area contributed by atoms with Crippen molar-refractivity contribution in [2.75, 3.05) is 6.54 Å². The standard InChI is InChI=1S/C12H17F6N3/c1-3-7(5-4-6-19)8-9(11(13,14)15)20-21(2)10(8)12(16,17)18/h7H,3-6,19H2,1-2H3. The molecule has 122 valence electrons. The van der Waals surface area contributed by atoms with E-state index >= 15 is 0 Å². The van der Waals surface area contributed by atoms with Gasteiger partial charge in [0.2, 0.25) is 0 Å². The molecule has 0 radical (unpaired) electrons. The van der Waals surface area contributed by atoms with Crippen LogP contribution in [0.1, 0.15) is 49.1 Å². The largest absolute Gasteiger partial charge is 0.435 e. The maximum absolute atomic E-state index is 13.1. The summed E-state index contributed by atoms with van der Waals surface area (Å²) in [5, 5.41) is 3.07. The van der Waals surface area contributed by atoms with Crippen LogP contribution in [0, 0.1) is 0 Å². The zero-order chi connectivity index (χ0) is 16.4. The first-order valence-electron chi connectivity index (χ1n) is 6.45. The van der Waals surface area contributed by atoms with Crippen LogP contribution in [0.2, 0.25) is 0 Å². The van der Waals surface area contributed by atoms with Crippen molar-refractivity contribution in [3.8, 4) is 0 Å². The van der Waals surface area contributed by atoms with Crippen molar-refractivity contribution in [2.45, 2.75) is 44.5 Å². The fourth-order valence-electron chi connectivity index (χ4n) is 2.39. The van der Waals surface area contributed by atoms with E-state index < -0.39 is 35.2 Å². The van der Waals surface area contributed by atoms with Crippen molar-refractivity contribution in [2.24, 2.45) is 12.8 Å². The number of aromatic nitrogens is 2. The Kier molecular flexibility index (Phi) is 5.30. The third-order valence-corrected chi connectivity index (χ3v) is 3.28. The summed E-state index contributed by atoms with van der Waals surface area (Å²) in [4.78, 5) is 0. The van der Waals surface area contributed by atoms with Gasteiger partial charge in [0.15, 0.2) is 5.69 Å². The highest BCUT2D eigenvalue weighted by Crippen LogP contribution is 2.44. The molecule has 21 heavy (non-hydrogen) atoms. The molecule has 0 aliphatic rings. The second kappa shape index (κ2) is 6.25. The van der Waals surface area contributed by atoms with E-state index in [9.17, 15) is 26.3 Å². The Morgan fingerprint density at radius 3 is 2.10 bits per heavy atom. The highest BCUT2D eigenvalue weighted by atomic mass is 19.4. The smallest absolute Gasteiger partial charge is 0.330 e. The number of alkyl halides is 6. The Balaban J connectivity index is 3.49. The third kappa shape index (κ3) is 3.90. The third-order valence-electron chi connectivity index (χ3n) is 3.28. The summed E-state index contributed by atoms with van der Waals surface area (Å²) < 4.78 is 78.4. The van der Waals surface area contributed by atoms with Gasteiger partial charge in [-0.15, -0.1) is 0 Å². The van der Waals surface area contributed by atoms with Gasteiger partial charge in [-0.05, 0) is 31.7 Å². The molecule has 0 aromatic carbocycles. The van der Waals surface area contributed by atoms with Gasteiger partial charge in [-0.25, -0.2) is 0 Å². The number of rotatable bonds is 5. The van der Waals surface area contributed by atoms with E-state index in [4.69, 9.17) is 5.73 Å². The molecule has 1 heterocycles. The average Bonchev–Trinajstić information content (AvgIpc) is 2.67. The van der Waals surface area contributed by atoms with Crippen molar-refractivity contribution in [3.05, 3.63) is 17.0 Å². The van der Waals surface area contributed by atoms with Gasteiger partial charge in [0, 0.05) is 12.6 Å². The van der Waals surface area contributed by atoms with E-state index in [-0.39, 0.29) is 24.1 Å². The van der Waals surface area contributed by atoms with Gasteiger partial charge < -0.3 is 5.73 Å². The number of hydrogen-bond acceptors (Lipinski definition) is 2. The molecule has 0 saturated carbocycles. The summed E-state index contributed by atoms with van der Waals surface area (Å²) in [6.07, 6.45) is -9.16. The van der Waals surface area contributed by atoms with Crippen LogP contribution in [0.3, 0.4) is 0 Å². The molecule has 0 amide bonds. The summed E-state index contributed by atoms with van der Waals surface area (Å²) in [5.74, 6) is -0.879. The summed E-state index contributed by atoms with van der Waals surface area (Å²) in [7, 11) is 0.872. The molecule has 9 heteroatoms. The van der Waals surface area contributed by atoms with Crippen molar-refractivity contribution in [1.82, 2.24) is 9.78 Å². The first-order valence-corrected chi connectivity index (χ1v) is 6.45. The van der Waals surface area contributed by atoms with Crippen molar-refractivity contribution < 1.29 is 26.3 Å². The van der Waals surface area contributed by atoms with Gasteiger partial charge in [0.05, 0.1) is 0 Å². The Morgan fingerprint density at radius 2 is 1.71 bits per heavy atom. The molecule has 1 unspecified atom stereocenters. The summed E-state index contributed by atoms with van der Waals surface area (Å²) >= 11 is 0.